The molecule has 28 rings (SSSR count). The summed E-state index contributed by atoms with van der Waals surface area (Å²) in [6.07, 6.45) is 21.9. The van der Waals surface area contributed by atoms with E-state index >= 15 is 0 Å². The Bertz CT molecular complexity index is 8140. The van der Waals surface area contributed by atoms with Crippen LogP contribution < -0.4 is 18.9 Å². The van der Waals surface area contributed by atoms with Gasteiger partial charge in [0.1, 0.15) is 45.4 Å². The van der Waals surface area contributed by atoms with Gasteiger partial charge < -0.3 is 18.9 Å². The summed E-state index contributed by atoms with van der Waals surface area (Å²) in [6, 6.07) is 40.8. The lowest BCUT2D eigenvalue weighted by atomic mass is 9.64. The summed E-state index contributed by atoms with van der Waals surface area (Å²) < 4.78 is 93.7. The van der Waals surface area contributed by atoms with Gasteiger partial charge in [0.15, 0.2) is 69.5 Å². The third kappa shape index (κ3) is 11.1. The van der Waals surface area contributed by atoms with Crippen molar-refractivity contribution >= 4 is 223 Å². The first-order valence-corrected chi connectivity index (χ1v) is 51.3. The van der Waals surface area contributed by atoms with Crippen molar-refractivity contribution in [1.29, 1.82) is 0 Å². The molecule has 4 saturated carbocycles. The lowest BCUT2D eigenvalue weighted by Crippen LogP contribution is -2.43. The van der Waals surface area contributed by atoms with Crippen LogP contribution in [-0.2, 0) is 22.4 Å². The van der Waals surface area contributed by atoms with Crippen LogP contribution >= 0.6 is 90.7 Å². The maximum absolute atomic E-state index is 14.7. The lowest BCUT2D eigenvalue weighted by Gasteiger charge is -2.47. The second-order valence-electron chi connectivity index (χ2n) is 37.5. The summed E-state index contributed by atoms with van der Waals surface area (Å²) in [5.74, 6) is -4.03. The van der Waals surface area contributed by atoms with E-state index in [1.165, 1.54) is 62.8 Å². The smallest absolute Gasteiger partial charge is 0.197 e. The van der Waals surface area contributed by atoms with Crippen LogP contribution in [0.3, 0.4) is 0 Å². The number of ketones is 8. The molecule has 0 bridgehead atoms. The zero-order valence-electron chi connectivity index (χ0n) is 69.7. The molecule has 4 fully saturated rings. The van der Waals surface area contributed by atoms with E-state index in [1.54, 1.807) is 92.3 Å². The van der Waals surface area contributed by atoms with Crippen molar-refractivity contribution in [3.8, 4) is 62.0 Å². The fourth-order valence-electron chi connectivity index (χ4n) is 24.0. The van der Waals surface area contributed by atoms with Gasteiger partial charge in [0.25, 0.3) is 0 Å². The van der Waals surface area contributed by atoms with Gasteiger partial charge in [0, 0.05) is 86.3 Å². The largest absolute Gasteiger partial charge is 0.481 e. The van der Waals surface area contributed by atoms with Crippen LogP contribution in [0.4, 0.5) is 17.6 Å². The Labute approximate surface area is 780 Å². The van der Waals surface area contributed by atoms with Crippen LogP contribution in [0.15, 0.2) is 168 Å². The highest BCUT2D eigenvalue weighted by atomic mass is 32.1. The molecule has 12 aliphatic rings. The molecule has 4 spiro atoms. The molecule has 4 aliphatic heterocycles. The summed E-state index contributed by atoms with van der Waals surface area (Å²) in [4.78, 5) is 126. The Morgan fingerprint density at radius 1 is 0.250 bits per heavy atom. The van der Waals surface area contributed by atoms with Crippen molar-refractivity contribution in [2.24, 2.45) is 11.8 Å². The van der Waals surface area contributed by atoms with Crippen molar-refractivity contribution in [1.82, 2.24) is 0 Å². The number of carbonyl (C=O) groups is 8. The number of hydrogen-bond acceptors (Lipinski definition) is 20. The molecule has 0 N–H and O–H groups in total. The number of benzene rings is 8. The molecule has 132 heavy (non-hydrogen) atoms. The Hall–Kier alpha value is -11.8. The zero-order valence-corrected chi connectivity index (χ0v) is 76.3. The Morgan fingerprint density at radius 2 is 0.462 bits per heavy atom. The molecule has 646 valence electrons. The van der Waals surface area contributed by atoms with Crippen molar-refractivity contribution in [3.63, 3.8) is 0 Å². The first-order valence-electron chi connectivity index (χ1n) is 44.8. The van der Waals surface area contributed by atoms with E-state index in [1.807, 2.05) is 97.1 Å². The molecule has 0 saturated heterocycles. The number of hydrogen-bond donors (Lipinski definition) is 0. The van der Waals surface area contributed by atoms with Crippen LogP contribution in [0.25, 0.3) is 125 Å². The Kier molecular flexibility index (Phi) is 16.7. The van der Waals surface area contributed by atoms with Crippen molar-refractivity contribution < 1.29 is 74.9 Å². The molecule has 12 nitrogen and oxygen atoms in total. The third-order valence-electron chi connectivity index (χ3n) is 30.3. The van der Waals surface area contributed by atoms with Gasteiger partial charge in [0.2, 0.25) is 0 Å². The highest BCUT2D eigenvalue weighted by Gasteiger charge is 2.57. The van der Waals surface area contributed by atoms with E-state index in [0.717, 1.165) is 221 Å². The Balaban J connectivity index is 0.539. The summed E-state index contributed by atoms with van der Waals surface area (Å²) in [5, 5.41) is 4.77. The average molecular weight is 1890 g/mol. The zero-order chi connectivity index (χ0) is 88.5. The number of ether oxygens (including phenoxy) is 4. The average Bonchev–Trinajstić information content (AvgIpc) is 1.52. The van der Waals surface area contributed by atoms with Crippen molar-refractivity contribution in [3.05, 3.63) is 277 Å². The number of Topliss-reactive ketones (excluding diaryl/α,β-unsaturated/α-hetero) is 8. The fraction of sp³-hybridized carbons (Fsp3) is 0.222. The van der Waals surface area contributed by atoms with Gasteiger partial charge >= 0.3 is 0 Å². The van der Waals surface area contributed by atoms with E-state index < -0.39 is 68.8 Å². The SMILES string of the molecule is O=C1C(=Cc2cc3c(s2)-c2sc4c5c(sc4c2C2(CCCCC2)O3)-c2sc(C=C3C(=O)c4cc6ccccc6cc4C3=O)cc2OC52CCC(C3CCC4(CC3)Oc3cc(C=C5C(=O)c6cc7cc(F)c(F)cc7cc6C5=O)sc3-c3sc5c6c(sc5c34)-c3sc(C=C4C(=O)c5cc7cc(F)c(F)cc7cc5C4=O)cc3OC63CCCCC3)CC2)C(=O)c2cc3ccccc3cc21. The third-order valence-corrected chi connectivity index (χ3v) is 40.3. The quantitative estimate of drug-likeness (QED) is 0.0908. The number of allylic oxidation sites excluding steroid dienone is 4. The molecule has 0 unspecified atom stereocenters. The maximum atomic E-state index is 14.7. The number of rotatable bonds is 5. The lowest BCUT2D eigenvalue weighted by molar-refractivity contribution is -0.0266. The minimum Gasteiger partial charge on any atom is -0.481 e. The molecule has 8 aromatic heterocycles. The summed E-state index contributed by atoms with van der Waals surface area (Å²) >= 11 is 13.1. The fourth-order valence-corrected chi connectivity index (χ4v) is 35.2. The van der Waals surface area contributed by atoms with Crippen molar-refractivity contribution in [2.75, 3.05) is 0 Å². The van der Waals surface area contributed by atoms with Gasteiger partial charge in [0.05, 0.1) is 80.1 Å². The molecule has 0 amide bonds. The first-order chi connectivity index (χ1) is 64.1. The molecule has 8 aliphatic carbocycles. The van der Waals surface area contributed by atoms with Gasteiger partial charge in [-0.15, -0.1) is 90.7 Å². The molecular formula is C108H66F4O12S8. The topological polar surface area (TPSA) is 173 Å². The summed E-state index contributed by atoms with van der Waals surface area (Å²) in [5.41, 5.74) is 3.87. The van der Waals surface area contributed by atoms with E-state index in [-0.39, 0.29) is 79.5 Å². The number of halogens is 4. The second kappa shape index (κ2) is 27.9. The summed E-state index contributed by atoms with van der Waals surface area (Å²) in [7, 11) is 0. The van der Waals surface area contributed by atoms with Crippen LogP contribution in [0.1, 0.15) is 240 Å². The first kappa shape index (κ1) is 78.8. The van der Waals surface area contributed by atoms with Crippen LogP contribution in [0.5, 0.6) is 23.0 Å². The van der Waals surface area contributed by atoms with Crippen molar-refractivity contribution in [2.45, 2.75) is 138 Å². The number of thiophene rings is 8. The van der Waals surface area contributed by atoms with Crippen LogP contribution in [0, 0.1) is 35.1 Å². The van der Waals surface area contributed by atoms with Gasteiger partial charge in [-0.25, -0.2) is 17.6 Å². The predicted octanol–water partition coefficient (Wildman–Crippen LogP) is 29.5. The molecule has 0 atom stereocenters. The predicted molar refractivity (Wildman–Crippen MR) is 514 cm³/mol. The van der Waals surface area contributed by atoms with Crippen LogP contribution in [0.2, 0.25) is 0 Å². The molecule has 16 aromatic rings. The van der Waals surface area contributed by atoms with E-state index in [2.05, 4.69) is 0 Å². The molecule has 12 heterocycles. The number of fused-ring (bicyclic) bond motifs is 30. The second-order valence-corrected chi connectivity index (χ2v) is 45.9. The van der Waals surface area contributed by atoms with E-state index in [0.29, 0.717) is 90.7 Å². The minimum absolute atomic E-state index is 0.0441. The highest BCUT2D eigenvalue weighted by Crippen LogP contribution is 2.70. The Morgan fingerprint density at radius 3 is 0.689 bits per heavy atom. The molecule has 0 radical (unpaired) electrons. The van der Waals surface area contributed by atoms with Gasteiger partial charge in [-0.2, -0.15) is 0 Å². The van der Waals surface area contributed by atoms with Gasteiger partial charge in [-0.1, -0.05) is 61.4 Å². The maximum Gasteiger partial charge on any atom is 0.197 e. The normalized spacial score (nSPS) is 21.4. The van der Waals surface area contributed by atoms with Crippen LogP contribution in [-0.4, -0.2) is 46.3 Å². The molecular weight excluding hydrogens is 1820 g/mol. The van der Waals surface area contributed by atoms with E-state index in [9.17, 15) is 55.9 Å². The number of carbonyl (C=O) groups excluding carboxylic acids is 8. The monoisotopic (exact) mass is 1890 g/mol. The summed E-state index contributed by atoms with van der Waals surface area (Å²) in [6.45, 7) is 0. The molecule has 24 heteroatoms. The van der Waals surface area contributed by atoms with Gasteiger partial charge in [-0.3, -0.25) is 38.4 Å². The molecule has 8 aromatic carbocycles. The minimum atomic E-state index is -1.06. The van der Waals surface area contributed by atoms with Gasteiger partial charge in [-0.05, 0) is 279 Å². The standard InChI is InChI=1S/C108H66F4O12S8/c109-73-35-53-31-65-66(32-54(53)36-74(73)110)90(118)71(89(65)117)41-58-44-78-94(126-58)98-82(106(122-78)21-9-2-10-22-106)102-104(130-98)84-100(132-102)96-80(46-60(128-96)42-72-91(119)67-33-55-37-75(111)76(112)38-56(55)34-68(67)92(72)120)124-108(84)25-17-48(18-26-108)47-15-23-107(24-16-47)83-99(95-79(123-107)45-59(127-95)40-70-87(115)63-29-51-13-5-6-14-52(51)30-64(63)88(70)116)131-101-81-97(129-103(83)101)93-77(121-105(81)19-7-1-8-20-105)43-57(125-93)39-69-85(113)61-27-49-11-3-4-12-50(49)28-62(61)86(69)114/h3-6,11-14,27-48H,1-2,7-10,15-26H2. The highest BCUT2D eigenvalue weighted by molar-refractivity contribution is 7.35. The van der Waals surface area contributed by atoms with E-state index in [4.69, 9.17) is 18.9 Å².